The van der Waals surface area contributed by atoms with E-state index in [-0.39, 0.29) is 23.2 Å². The van der Waals surface area contributed by atoms with Crippen molar-refractivity contribution in [3.63, 3.8) is 0 Å². The SMILES string of the molecule is COc1ccc(COCC[C@@H]2OC(C)(C)O[C@@H]2C(/C=C\[C@@H](C)[C@H](C)O[Si](C)(C)C(C)(C)C)OC(=O)c2ccccc2)cc1. The topological polar surface area (TPSA) is 72.5 Å². The monoisotopic (exact) mass is 612 g/mol. The van der Waals surface area contributed by atoms with Crippen LogP contribution in [0.25, 0.3) is 0 Å². The Morgan fingerprint density at radius 3 is 2.26 bits per heavy atom. The van der Waals surface area contributed by atoms with Crippen molar-refractivity contribution in [3.05, 3.63) is 77.9 Å². The van der Waals surface area contributed by atoms with Gasteiger partial charge in [-0.15, -0.1) is 0 Å². The second kappa shape index (κ2) is 15.0. The number of ether oxygens (including phenoxy) is 5. The molecule has 5 atom stereocenters. The molecule has 8 heteroatoms. The summed E-state index contributed by atoms with van der Waals surface area (Å²) in [7, 11) is -0.295. The molecule has 7 nitrogen and oxygen atoms in total. The maximum Gasteiger partial charge on any atom is 0.338 e. The van der Waals surface area contributed by atoms with Gasteiger partial charge >= 0.3 is 5.97 Å². The molecule has 1 aliphatic heterocycles. The van der Waals surface area contributed by atoms with Crippen LogP contribution in [0.3, 0.4) is 0 Å². The minimum atomic E-state index is -1.95. The van der Waals surface area contributed by atoms with Crippen molar-refractivity contribution >= 4 is 14.3 Å². The van der Waals surface area contributed by atoms with Gasteiger partial charge in [0.25, 0.3) is 0 Å². The van der Waals surface area contributed by atoms with Gasteiger partial charge in [0.05, 0.1) is 25.4 Å². The molecule has 0 N–H and O–H groups in total. The molecule has 1 fully saturated rings. The summed E-state index contributed by atoms with van der Waals surface area (Å²) >= 11 is 0. The normalized spacial score (nSPS) is 21.0. The molecule has 238 valence electrons. The molecule has 0 amide bonds. The van der Waals surface area contributed by atoms with Crippen molar-refractivity contribution in [1.82, 2.24) is 0 Å². The van der Waals surface area contributed by atoms with Crippen molar-refractivity contribution in [2.75, 3.05) is 13.7 Å². The van der Waals surface area contributed by atoms with Crippen LogP contribution in [0.15, 0.2) is 66.7 Å². The molecule has 1 heterocycles. The van der Waals surface area contributed by atoms with Crippen LogP contribution < -0.4 is 4.74 Å². The first-order valence-electron chi connectivity index (χ1n) is 15.3. The summed E-state index contributed by atoms with van der Waals surface area (Å²) in [5.74, 6) is -0.337. The molecule has 0 aromatic heterocycles. The molecule has 0 spiro atoms. The summed E-state index contributed by atoms with van der Waals surface area (Å²) in [6, 6.07) is 16.8. The number of carbonyl (C=O) groups excluding carboxylic acids is 1. The fourth-order valence-corrected chi connectivity index (χ4v) is 6.15. The largest absolute Gasteiger partial charge is 0.497 e. The zero-order valence-electron chi connectivity index (χ0n) is 27.7. The summed E-state index contributed by atoms with van der Waals surface area (Å²) in [6.07, 6.45) is 3.10. The second-order valence-electron chi connectivity index (χ2n) is 13.4. The molecule has 3 rings (SSSR count). The molecule has 1 aliphatic rings. The smallest absolute Gasteiger partial charge is 0.338 e. The quantitative estimate of drug-likeness (QED) is 0.0928. The Kier molecular flexibility index (Phi) is 12.2. The van der Waals surface area contributed by atoms with Crippen molar-refractivity contribution in [2.24, 2.45) is 5.92 Å². The summed E-state index contributed by atoms with van der Waals surface area (Å²) in [6.45, 7) is 20.2. The van der Waals surface area contributed by atoms with Crippen molar-refractivity contribution < 1.29 is 32.9 Å². The minimum absolute atomic E-state index is 0.00181. The number of methoxy groups -OCH3 is 1. The van der Waals surface area contributed by atoms with Crippen LogP contribution in [-0.4, -0.2) is 58.2 Å². The van der Waals surface area contributed by atoms with Crippen LogP contribution in [0.2, 0.25) is 18.1 Å². The van der Waals surface area contributed by atoms with Gasteiger partial charge in [0.1, 0.15) is 18.0 Å². The average molecular weight is 613 g/mol. The first-order chi connectivity index (χ1) is 20.1. The Balaban J connectivity index is 1.74. The second-order valence-corrected chi connectivity index (χ2v) is 18.1. The van der Waals surface area contributed by atoms with E-state index < -0.39 is 32.3 Å². The number of benzene rings is 2. The van der Waals surface area contributed by atoms with E-state index in [1.165, 1.54) is 0 Å². The molecular weight excluding hydrogens is 560 g/mol. The van der Waals surface area contributed by atoms with Gasteiger partial charge in [0, 0.05) is 12.7 Å². The maximum absolute atomic E-state index is 13.2. The van der Waals surface area contributed by atoms with E-state index in [2.05, 4.69) is 53.8 Å². The van der Waals surface area contributed by atoms with E-state index in [0.717, 1.165) is 11.3 Å². The summed E-state index contributed by atoms with van der Waals surface area (Å²) in [5.41, 5.74) is 1.54. The van der Waals surface area contributed by atoms with Gasteiger partial charge in [0.15, 0.2) is 14.1 Å². The average Bonchev–Trinajstić information content (AvgIpc) is 3.26. The lowest BCUT2D eigenvalue weighted by Crippen LogP contribution is -2.44. The Bertz CT molecular complexity index is 1170. The zero-order chi connectivity index (χ0) is 31.8. The van der Waals surface area contributed by atoms with Crippen LogP contribution >= 0.6 is 0 Å². The third-order valence-corrected chi connectivity index (χ3v) is 13.0. The van der Waals surface area contributed by atoms with E-state index in [4.69, 9.17) is 28.1 Å². The van der Waals surface area contributed by atoms with Crippen LogP contribution in [0.4, 0.5) is 0 Å². The van der Waals surface area contributed by atoms with Gasteiger partial charge in [-0.05, 0) is 87.1 Å². The molecule has 2 aromatic rings. The third kappa shape index (κ3) is 10.3. The van der Waals surface area contributed by atoms with Crippen LogP contribution in [0, 0.1) is 5.92 Å². The Labute approximate surface area is 260 Å². The van der Waals surface area contributed by atoms with Crippen LogP contribution in [0.1, 0.15) is 70.8 Å². The highest BCUT2D eigenvalue weighted by Crippen LogP contribution is 2.38. The lowest BCUT2D eigenvalue weighted by atomic mass is 10.0. The summed E-state index contributed by atoms with van der Waals surface area (Å²) in [5, 5.41) is 0.113. The molecule has 43 heavy (non-hydrogen) atoms. The van der Waals surface area contributed by atoms with Crippen molar-refractivity contribution in [3.8, 4) is 5.75 Å². The minimum Gasteiger partial charge on any atom is -0.497 e. The lowest BCUT2D eigenvalue weighted by Gasteiger charge is -2.39. The molecule has 0 saturated carbocycles. The van der Waals surface area contributed by atoms with Crippen molar-refractivity contribution in [2.45, 2.75) is 110 Å². The van der Waals surface area contributed by atoms with Crippen LogP contribution in [-0.2, 0) is 30.0 Å². The standard InChI is InChI=1S/C35H52O7Si/c1-25(26(2)42-43(9,10)34(3,4)5)16-21-30(39-33(36)28-14-12-11-13-15-28)32-31(40-35(6,7)41-32)22-23-38-24-27-17-19-29(37-8)20-18-27/h11-21,25-26,30-32H,22-24H2,1-10H3/b21-16-/t25-,26+,30?,31+,32-/m1/s1. The van der Waals surface area contributed by atoms with Crippen molar-refractivity contribution in [1.29, 1.82) is 0 Å². The number of rotatable bonds is 14. The Morgan fingerprint density at radius 1 is 1.00 bits per heavy atom. The molecular formula is C35H52O7Si. The van der Waals surface area contributed by atoms with Gasteiger partial charge in [-0.25, -0.2) is 4.79 Å². The number of esters is 1. The van der Waals surface area contributed by atoms with Gasteiger partial charge in [0.2, 0.25) is 0 Å². The third-order valence-electron chi connectivity index (χ3n) is 8.40. The molecule has 0 radical (unpaired) electrons. The van der Waals surface area contributed by atoms with E-state index in [9.17, 15) is 4.79 Å². The summed E-state index contributed by atoms with van der Waals surface area (Å²) < 4.78 is 36.7. The van der Waals surface area contributed by atoms with E-state index in [0.29, 0.717) is 25.2 Å². The summed E-state index contributed by atoms with van der Waals surface area (Å²) in [4.78, 5) is 13.2. The Hall–Kier alpha value is -2.49. The van der Waals surface area contributed by atoms with Crippen LogP contribution in [0.5, 0.6) is 5.75 Å². The van der Waals surface area contributed by atoms with Gasteiger partial charge in [-0.1, -0.05) is 64.1 Å². The number of carbonyl (C=O) groups is 1. The predicted molar refractivity (Wildman–Crippen MR) is 173 cm³/mol. The Morgan fingerprint density at radius 2 is 1.65 bits per heavy atom. The van der Waals surface area contributed by atoms with E-state index in [1.54, 1.807) is 19.2 Å². The van der Waals surface area contributed by atoms with Gasteiger partial charge in [-0.2, -0.15) is 0 Å². The predicted octanol–water partition coefficient (Wildman–Crippen LogP) is 7.95. The fraction of sp³-hybridized carbons (Fsp3) is 0.571. The molecule has 1 unspecified atom stereocenters. The fourth-order valence-electron chi connectivity index (χ4n) is 4.65. The molecule has 2 aromatic carbocycles. The van der Waals surface area contributed by atoms with E-state index >= 15 is 0 Å². The first kappa shape index (κ1) is 35.0. The maximum atomic E-state index is 13.2. The van der Waals surface area contributed by atoms with Gasteiger partial charge in [-0.3, -0.25) is 0 Å². The highest BCUT2D eigenvalue weighted by molar-refractivity contribution is 6.74. The molecule has 0 aliphatic carbocycles. The first-order valence-corrected chi connectivity index (χ1v) is 18.2. The molecule has 0 bridgehead atoms. The highest BCUT2D eigenvalue weighted by Gasteiger charge is 2.46. The number of hydrogen-bond donors (Lipinski definition) is 0. The highest BCUT2D eigenvalue weighted by atomic mass is 28.4. The zero-order valence-corrected chi connectivity index (χ0v) is 28.7. The molecule has 1 saturated heterocycles. The lowest BCUT2D eigenvalue weighted by molar-refractivity contribution is -0.153. The van der Waals surface area contributed by atoms with Gasteiger partial charge < -0.3 is 28.1 Å². The number of hydrogen-bond acceptors (Lipinski definition) is 7. The van der Waals surface area contributed by atoms with E-state index in [1.807, 2.05) is 62.4 Å².